The van der Waals surface area contributed by atoms with Crippen LogP contribution in [0.15, 0.2) is 60.7 Å². The molecule has 176 valence electrons. The first-order chi connectivity index (χ1) is 15.7. The summed E-state index contributed by atoms with van der Waals surface area (Å²) in [6.07, 6.45) is 0.714. The standard InChI is InChI=1S/C26H33N3O4/c1-26(2,3)33-25(32)27-18-22(30)28-21-14-16-29(17-15-21)24(31)23(19-10-6-4-7-11-19)20-12-8-5-9-13-20/h4-13,21,23H,14-18H2,1-3H3,(H,27,32)(H,28,30). The topological polar surface area (TPSA) is 87.7 Å². The van der Waals surface area contributed by atoms with Crippen LogP contribution in [0, 0.1) is 0 Å². The number of hydrogen-bond acceptors (Lipinski definition) is 4. The molecule has 33 heavy (non-hydrogen) atoms. The van der Waals surface area contributed by atoms with Crippen LogP contribution in [0.3, 0.4) is 0 Å². The molecule has 0 radical (unpaired) electrons. The van der Waals surface area contributed by atoms with Crippen molar-refractivity contribution in [3.05, 3.63) is 71.8 Å². The second-order valence-corrected chi connectivity index (χ2v) is 9.28. The van der Waals surface area contributed by atoms with E-state index in [1.165, 1.54) is 0 Å². The Kier molecular flexibility index (Phi) is 8.09. The van der Waals surface area contributed by atoms with Crippen molar-refractivity contribution in [2.75, 3.05) is 19.6 Å². The van der Waals surface area contributed by atoms with Gasteiger partial charge in [0.2, 0.25) is 11.8 Å². The highest BCUT2D eigenvalue weighted by atomic mass is 16.6. The number of carbonyl (C=O) groups excluding carboxylic acids is 3. The Morgan fingerprint density at radius 2 is 1.45 bits per heavy atom. The first-order valence-electron chi connectivity index (χ1n) is 11.4. The van der Waals surface area contributed by atoms with Crippen molar-refractivity contribution in [1.29, 1.82) is 0 Å². The Bertz CT molecular complexity index is 894. The molecule has 0 aromatic heterocycles. The van der Waals surface area contributed by atoms with Crippen LogP contribution < -0.4 is 10.6 Å². The molecule has 1 aliphatic rings. The molecule has 7 heteroatoms. The third-order valence-electron chi connectivity index (χ3n) is 5.48. The number of nitrogens with zero attached hydrogens (tertiary/aromatic N) is 1. The summed E-state index contributed by atoms with van der Waals surface area (Å²) in [4.78, 5) is 39.3. The predicted octanol–water partition coefficient (Wildman–Crippen LogP) is 3.45. The fourth-order valence-electron chi connectivity index (χ4n) is 3.94. The van der Waals surface area contributed by atoms with E-state index < -0.39 is 11.7 Å². The first kappa shape index (κ1) is 24.3. The number of alkyl carbamates (subject to hydrolysis) is 1. The van der Waals surface area contributed by atoms with Gasteiger partial charge in [0.1, 0.15) is 12.1 Å². The van der Waals surface area contributed by atoms with E-state index in [4.69, 9.17) is 4.74 Å². The number of benzene rings is 2. The van der Waals surface area contributed by atoms with E-state index in [-0.39, 0.29) is 30.3 Å². The molecular weight excluding hydrogens is 418 g/mol. The Morgan fingerprint density at radius 1 is 0.939 bits per heavy atom. The zero-order chi connectivity index (χ0) is 23.8. The second kappa shape index (κ2) is 11.0. The lowest BCUT2D eigenvalue weighted by molar-refractivity contribution is -0.133. The van der Waals surface area contributed by atoms with Gasteiger partial charge in [-0.2, -0.15) is 0 Å². The van der Waals surface area contributed by atoms with Crippen molar-refractivity contribution >= 4 is 17.9 Å². The Balaban J connectivity index is 1.53. The molecular formula is C26H33N3O4. The van der Waals surface area contributed by atoms with Gasteiger partial charge >= 0.3 is 6.09 Å². The molecule has 2 aromatic rings. The number of ether oxygens (including phenoxy) is 1. The molecule has 7 nitrogen and oxygen atoms in total. The molecule has 3 rings (SSSR count). The fourth-order valence-corrected chi connectivity index (χ4v) is 3.94. The number of rotatable bonds is 6. The molecule has 0 atom stereocenters. The average molecular weight is 452 g/mol. The largest absolute Gasteiger partial charge is 0.444 e. The van der Waals surface area contributed by atoms with Gasteiger partial charge in [-0.25, -0.2) is 4.79 Å². The summed E-state index contributed by atoms with van der Waals surface area (Å²) in [5, 5.41) is 5.41. The lowest BCUT2D eigenvalue weighted by atomic mass is 9.89. The van der Waals surface area contributed by atoms with Crippen LogP contribution in [0.2, 0.25) is 0 Å². The Morgan fingerprint density at radius 3 is 1.94 bits per heavy atom. The number of likely N-dealkylation sites (tertiary alicyclic amines) is 1. The van der Waals surface area contributed by atoms with Crippen LogP contribution in [0.5, 0.6) is 0 Å². The zero-order valence-corrected chi connectivity index (χ0v) is 19.5. The third kappa shape index (κ3) is 7.34. The van der Waals surface area contributed by atoms with Gasteiger partial charge in [-0.15, -0.1) is 0 Å². The summed E-state index contributed by atoms with van der Waals surface area (Å²) in [7, 11) is 0. The van der Waals surface area contributed by atoms with Crippen molar-refractivity contribution in [2.24, 2.45) is 0 Å². The van der Waals surface area contributed by atoms with Gasteiger partial charge < -0.3 is 20.3 Å². The summed E-state index contributed by atoms with van der Waals surface area (Å²) in [6.45, 7) is 6.29. The summed E-state index contributed by atoms with van der Waals surface area (Å²) in [5.41, 5.74) is 1.33. The van der Waals surface area contributed by atoms with E-state index in [0.29, 0.717) is 25.9 Å². The number of nitrogens with one attached hydrogen (secondary N) is 2. The number of hydrogen-bond donors (Lipinski definition) is 2. The molecule has 1 saturated heterocycles. The summed E-state index contributed by atoms with van der Waals surface area (Å²) in [5.74, 6) is -0.544. The van der Waals surface area contributed by atoms with Gasteiger partial charge in [0, 0.05) is 19.1 Å². The highest BCUT2D eigenvalue weighted by Gasteiger charge is 2.30. The fraction of sp³-hybridized carbons (Fsp3) is 0.423. The van der Waals surface area contributed by atoms with Crippen LogP contribution in [-0.4, -0.2) is 54.1 Å². The Labute approximate surface area is 195 Å². The van der Waals surface area contributed by atoms with Gasteiger partial charge in [0.05, 0.1) is 5.92 Å². The van der Waals surface area contributed by atoms with Crippen molar-refractivity contribution < 1.29 is 19.1 Å². The molecule has 2 N–H and O–H groups in total. The van der Waals surface area contributed by atoms with Crippen molar-refractivity contribution in [3.63, 3.8) is 0 Å². The minimum atomic E-state index is -0.620. The number of piperidine rings is 1. The van der Waals surface area contributed by atoms with Crippen LogP contribution in [0.1, 0.15) is 50.7 Å². The molecule has 0 bridgehead atoms. The average Bonchev–Trinajstić information content (AvgIpc) is 2.79. The number of amides is 3. The summed E-state index contributed by atoms with van der Waals surface area (Å²) in [6, 6.07) is 19.6. The van der Waals surface area contributed by atoms with E-state index in [1.807, 2.05) is 65.6 Å². The van der Waals surface area contributed by atoms with Crippen molar-refractivity contribution in [2.45, 2.75) is 51.2 Å². The normalized spacial score (nSPS) is 14.6. The van der Waals surface area contributed by atoms with E-state index in [0.717, 1.165) is 11.1 Å². The second-order valence-electron chi connectivity index (χ2n) is 9.28. The smallest absolute Gasteiger partial charge is 0.408 e. The minimum absolute atomic E-state index is 0.0334. The summed E-state index contributed by atoms with van der Waals surface area (Å²) < 4.78 is 5.14. The van der Waals surface area contributed by atoms with Gasteiger partial charge in [0.25, 0.3) is 0 Å². The Hall–Kier alpha value is -3.35. The van der Waals surface area contributed by atoms with Crippen molar-refractivity contribution in [3.8, 4) is 0 Å². The van der Waals surface area contributed by atoms with Crippen LogP contribution in [0.4, 0.5) is 4.79 Å². The predicted molar refractivity (Wildman–Crippen MR) is 127 cm³/mol. The van der Waals surface area contributed by atoms with Gasteiger partial charge in [-0.1, -0.05) is 60.7 Å². The highest BCUT2D eigenvalue weighted by Crippen LogP contribution is 2.28. The van der Waals surface area contributed by atoms with Gasteiger partial charge in [-0.3, -0.25) is 9.59 Å². The maximum Gasteiger partial charge on any atom is 0.408 e. The molecule has 0 saturated carbocycles. The van der Waals surface area contributed by atoms with E-state index in [1.54, 1.807) is 20.8 Å². The third-order valence-corrected chi connectivity index (χ3v) is 5.48. The monoisotopic (exact) mass is 451 g/mol. The zero-order valence-electron chi connectivity index (χ0n) is 19.5. The molecule has 2 aromatic carbocycles. The lowest BCUT2D eigenvalue weighted by Gasteiger charge is -2.35. The van der Waals surface area contributed by atoms with Crippen LogP contribution >= 0.6 is 0 Å². The molecule has 1 heterocycles. The first-order valence-corrected chi connectivity index (χ1v) is 11.4. The SMILES string of the molecule is CC(C)(C)OC(=O)NCC(=O)NC1CCN(C(=O)C(c2ccccc2)c2ccccc2)CC1. The van der Waals surface area contributed by atoms with E-state index in [9.17, 15) is 14.4 Å². The molecule has 0 spiro atoms. The van der Waals surface area contributed by atoms with Crippen molar-refractivity contribution in [1.82, 2.24) is 15.5 Å². The summed E-state index contributed by atoms with van der Waals surface area (Å²) >= 11 is 0. The number of carbonyl (C=O) groups is 3. The highest BCUT2D eigenvalue weighted by molar-refractivity contribution is 5.87. The molecule has 0 aliphatic carbocycles. The molecule has 1 aliphatic heterocycles. The van der Waals surface area contributed by atoms with Gasteiger partial charge in [-0.05, 0) is 44.7 Å². The van der Waals surface area contributed by atoms with Gasteiger partial charge in [0.15, 0.2) is 0 Å². The quantitative estimate of drug-likeness (QED) is 0.704. The molecule has 0 unspecified atom stereocenters. The van der Waals surface area contributed by atoms with Crippen LogP contribution in [-0.2, 0) is 14.3 Å². The minimum Gasteiger partial charge on any atom is -0.444 e. The lowest BCUT2D eigenvalue weighted by Crippen LogP contribution is -2.49. The maximum atomic E-state index is 13.5. The van der Waals surface area contributed by atoms with Crippen LogP contribution in [0.25, 0.3) is 0 Å². The molecule has 1 fully saturated rings. The molecule has 3 amide bonds. The van der Waals surface area contributed by atoms with E-state index >= 15 is 0 Å². The van der Waals surface area contributed by atoms with E-state index in [2.05, 4.69) is 10.6 Å². The maximum absolute atomic E-state index is 13.5.